The molecule has 0 saturated carbocycles. The summed E-state index contributed by atoms with van der Waals surface area (Å²) in [5, 5.41) is 5.73. The highest BCUT2D eigenvalue weighted by Gasteiger charge is 2.15. The molecule has 5 nitrogen and oxygen atoms in total. The molecule has 2 amide bonds. The number of nitrogens with one attached hydrogen (secondary N) is 2. The predicted molar refractivity (Wildman–Crippen MR) is 98.2 cm³/mol. The molecule has 0 aromatic heterocycles. The van der Waals surface area contributed by atoms with E-state index in [1.165, 1.54) is 0 Å². The number of unbranched alkanes of at least 4 members (excludes halogenated alkanes) is 1. The molecule has 0 saturated heterocycles. The average Bonchev–Trinajstić information content (AvgIpc) is 2.62. The van der Waals surface area contributed by atoms with Crippen LogP contribution in [0.3, 0.4) is 0 Å². The Kier molecular flexibility index (Phi) is 5.33. The van der Waals surface area contributed by atoms with Gasteiger partial charge in [-0.05, 0) is 60.9 Å². The molecule has 0 aliphatic carbocycles. The van der Waals surface area contributed by atoms with Crippen LogP contribution in [0.5, 0.6) is 5.75 Å². The molecule has 0 atom stereocenters. The standard InChI is InChI=1S/C20H22N2O3/c1-2-3-12-25-17-8-4-14(5-9-17)20(24)21-16-7-10-18-15(13-16)6-11-19(23)22-18/h4-5,7-10,13H,2-3,6,11-12H2,1H3,(H,21,24)(H,22,23). The third kappa shape index (κ3) is 4.38. The Balaban J connectivity index is 1.63. The van der Waals surface area contributed by atoms with Crippen molar-refractivity contribution in [3.8, 4) is 5.75 Å². The number of carbonyl (C=O) groups is 2. The van der Waals surface area contributed by atoms with Gasteiger partial charge in [-0.2, -0.15) is 0 Å². The van der Waals surface area contributed by atoms with E-state index in [2.05, 4.69) is 17.6 Å². The number of amides is 2. The van der Waals surface area contributed by atoms with Crippen LogP contribution in [0.4, 0.5) is 11.4 Å². The molecule has 2 aromatic carbocycles. The molecule has 2 aromatic rings. The lowest BCUT2D eigenvalue weighted by atomic mass is 10.0. The van der Waals surface area contributed by atoms with Crippen LogP contribution < -0.4 is 15.4 Å². The lowest BCUT2D eigenvalue weighted by molar-refractivity contribution is -0.116. The number of hydrogen-bond donors (Lipinski definition) is 2. The fraction of sp³-hybridized carbons (Fsp3) is 0.300. The van der Waals surface area contributed by atoms with Crippen molar-refractivity contribution in [2.24, 2.45) is 0 Å². The minimum Gasteiger partial charge on any atom is -0.494 e. The number of aryl methyl sites for hydroxylation is 1. The zero-order valence-electron chi connectivity index (χ0n) is 14.3. The van der Waals surface area contributed by atoms with Crippen molar-refractivity contribution in [1.82, 2.24) is 0 Å². The predicted octanol–water partition coefficient (Wildman–Crippen LogP) is 4.00. The third-order valence-corrected chi connectivity index (χ3v) is 4.14. The van der Waals surface area contributed by atoms with Crippen molar-refractivity contribution in [3.63, 3.8) is 0 Å². The number of fused-ring (bicyclic) bond motifs is 1. The van der Waals surface area contributed by atoms with Gasteiger partial charge in [0.05, 0.1) is 6.61 Å². The van der Waals surface area contributed by atoms with Gasteiger partial charge >= 0.3 is 0 Å². The van der Waals surface area contributed by atoms with Gasteiger partial charge in [0.2, 0.25) is 5.91 Å². The van der Waals surface area contributed by atoms with Crippen LogP contribution in [0, 0.1) is 0 Å². The van der Waals surface area contributed by atoms with E-state index in [1.54, 1.807) is 18.2 Å². The number of anilines is 2. The highest BCUT2D eigenvalue weighted by molar-refractivity contribution is 6.04. The number of hydrogen-bond acceptors (Lipinski definition) is 3. The number of benzene rings is 2. The van der Waals surface area contributed by atoms with Crippen LogP contribution >= 0.6 is 0 Å². The zero-order valence-corrected chi connectivity index (χ0v) is 14.3. The zero-order chi connectivity index (χ0) is 17.6. The van der Waals surface area contributed by atoms with E-state index < -0.39 is 0 Å². The van der Waals surface area contributed by atoms with Crippen molar-refractivity contribution in [2.45, 2.75) is 32.6 Å². The molecule has 1 aliphatic heterocycles. The summed E-state index contributed by atoms with van der Waals surface area (Å²) >= 11 is 0. The van der Waals surface area contributed by atoms with E-state index in [1.807, 2.05) is 24.3 Å². The summed E-state index contributed by atoms with van der Waals surface area (Å²) in [5.74, 6) is 0.639. The summed E-state index contributed by atoms with van der Waals surface area (Å²) in [6.45, 7) is 2.80. The molecule has 3 rings (SSSR count). The molecule has 0 bridgehead atoms. The van der Waals surface area contributed by atoms with E-state index in [-0.39, 0.29) is 11.8 Å². The normalized spacial score (nSPS) is 12.9. The Morgan fingerprint density at radius 2 is 1.96 bits per heavy atom. The van der Waals surface area contributed by atoms with Crippen LogP contribution in [0.15, 0.2) is 42.5 Å². The van der Waals surface area contributed by atoms with Gasteiger partial charge in [0.1, 0.15) is 5.75 Å². The Morgan fingerprint density at radius 3 is 2.72 bits per heavy atom. The summed E-state index contributed by atoms with van der Waals surface area (Å²) in [5.41, 5.74) is 3.16. The van der Waals surface area contributed by atoms with Crippen LogP contribution in [0.2, 0.25) is 0 Å². The van der Waals surface area contributed by atoms with E-state index in [9.17, 15) is 9.59 Å². The second-order valence-corrected chi connectivity index (χ2v) is 6.10. The Labute approximate surface area is 147 Å². The number of carbonyl (C=O) groups excluding carboxylic acids is 2. The molecule has 0 radical (unpaired) electrons. The number of rotatable bonds is 6. The first-order valence-electron chi connectivity index (χ1n) is 8.62. The van der Waals surface area contributed by atoms with E-state index >= 15 is 0 Å². The molecule has 130 valence electrons. The molecule has 2 N–H and O–H groups in total. The maximum Gasteiger partial charge on any atom is 0.255 e. The van der Waals surface area contributed by atoms with Crippen LogP contribution in [-0.4, -0.2) is 18.4 Å². The number of ether oxygens (including phenoxy) is 1. The minimum atomic E-state index is -0.167. The van der Waals surface area contributed by atoms with Crippen molar-refractivity contribution >= 4 is 23.2 Å². The fourth-order valence-electron chi connectivity index (χ4n) is 2.70. The van der Waals surface area contributed by atoms with Gasteiger partial charge in [-0.3, -0.25) is 9.59 Å². The van der Waals surface area contributed by atoms with Gasteiger partial charge in [0.15, 0.2) is 0 Å². The molecular weight excluding hydrogens is 316 g/mol. The van der Waals surface area contributed by atoms with Crippen LogP contribution in [0.1, 0.15) is 42.1 Å². The monoisotopic (exact) mass is 338 g/mol. The summed E-state index contributed by atoms with van der Waals surface area (Å²) in [4.78, 5) is 23.8. The highest BCUT2D eigenvalue weighted by Crippen LogP contribution is 2.26. The fourth-order valence-corrected chi connectivity index (χ4v) is 2.70. The average molecular weight is 338 g/mol. The Bertz CT molecular complexity index is 769. The maximum absolute atomic E-state index is 12.4. The van der Waals surface area contributed by atoms with Crippen molar-refractivity contribution in [2.75, 3.05) is 17.2 Å². The molecule has 0 unspecified atom stereocenters. The first-order valence-corrected chi connectivity index (χ1v) is 8.62. The molecule has 0 spiro atoms. The first-order chi connectivity index (χ1) is 12.2. The van der Waals surface area contributed by atoms with Crippen molar-refractivity contribution in [3.05, 3.63) is 53.6 Å². The summed E-state index contributed by atoms with van der Waals surface area (Å²) in [6.07, 6.45) is 3.27. The maximum atomic E-state index is 12.4. The second-order valence-electron chi connectivity index (χ2n) is 6.10. The molecule has 1 heterocycles. The lowest BCUT2D eigenvalue weighted by Crippen LogP contribution is -2.19. The Morgan fingerprint density at radius 1 is 1.16 bits per heavy atom. The van der Waals surface area contributed by atoms with Crippen LogP contribution in [0.25, 0.3) is 0 Å². The van der Waals surface area contributed by atoms with Crippen LogP contribution in [-0.2, 0) is 11.2 Å². The molecule has 1 aliphatic rings. The van der Waals surface area contributed by atoms with Gasteiger partial charge < -0.3 is 15.4 Å². The quantitative estimate of drug-likeness (QED) is 0.782. The topological polar surface area (TPSA) is 67.4 Å². The summed E-state index contributed by atoms with van der Waals surface area (Å²) in [7, 11) is 0. The summed E-state index contributed by atoms with van der Waals surface area (Å²) in [6, 6.07) is 12.7. The van der Waals surface area contributed by atoms with Crippen molar-refractivity contribution in [1.29, 1.82) is 0 Å². The molecular formula is C20H22N2O3. The molecule has 5 heteroatoms. The van der Waals surface area contributed by atoms with Gasteiger partial charge in [0, 0.05) is 23.4 Å². The lowest BCUT2D eigenvalue weighted by Gasteiger charge is -2.17. The van der Waals surface area contributed by atoms with Gasteiger partial charge in [-0.1, -0.05) is 13.3 Å². The Hall–Kier alpha value is -2.82. The van der Waals surface area contributed by atoms with E-state index in [0.717, 1.165) is 35.5 Å². The minimum absolute atomic E-state index is 0.0329. The van der Waals surface area contributed by atoms with Gasteiger partial charge in [0.25, 0.3) is 5.91 Å². The van der Waals surface area contributed by atoms with E-state index in [0.29, 0.717) is 25.0 Å². The third-order valence-electron chi connectivity index (χ3n) is 4.14. The SMILES string of the molecule is CCCCOc1ccc(C(=O)Nc2ccc3c(c2)CCC(=O)N3)cc1. The van der Waals surface area contributed by atoms with Gasteiger partial charge in [-0.25, -0.2) is 0 Å². The highest BCUT2D eigenvalue weighted by atomic mass is 16.5. The first kappa shape index (κ1) is 17.0. The molecule has 25 heavy (non-hydrogen) atoms. The second kappa shape index (κ2) is 7.83. The smallest absolute Gasteiger partial charge is 0.255 e. The summed E-state index contributed by atoms with van der Waals surface area (Å²) < 4.78 is 5.60. The largest absolute Gasteiger partial charge is 0.494 e. The van der Waals surface area contributed by atoms with Gasteiger partial charge in [-0.15, -0.1) is 0 Å². The van der Waals surface area contributed by atoms with Crippen molar-refractivity contribution < 1.29 is 14.3 Å². The van der Waals surface area contributed by atoms with E-state index in [4.69, 9.17) is 4.74 Å². The molecule has 0 fully saturated rings.